The number of anilines is 1. The molecule has 21 heavy (non-hydrogen) atoms. The fourth-order valence-electron chi connectivity index (χ4n) is 1.97. The zero-order valence-corrected chi connectivity index (χ0v) is 13.4. The molecular formula is C17H23N3O. The summed E-state index contributed by atoms with van der Waals surface area (Å²) >= 11 is 0. The Bertz CT molecular complexity index is 600. The number of ether oxygens (including phenoxy) is 1. The Hall–Kier alpha value is -2.10. The molecule has 0 atom stereocenters. The molecule has 1 heterocycles. The van der Waals surface area contributed by atoms with E-state index < -0.39 is 0 Å². The number of benzene rings is 1. The molecule has 4 heteroatoms. The molecule has 1 aromatic heterocycles. The molecule has 2 rings (SSSR count). The van der Waals surface area contributed by atoms with Gasteiger partial charge in [-0.3, -0.25) is 0 Å². The molecule has 0 spiro atoms. The van der Waals surface area contributed by atoms with Crippen LogP contribution in [0.1, 0.15) is 33.4 Å². The largest absolute Gasteiger partial charge is 0.497 e. The number of hydrogen-bond acceptors (Lipinski definition) is 4. The first-order valence-corrected chi connectivity index (χ1v) is 7.22. The van der Waals surface area contributed by atoms with Gasteiger partial charge in [0.2, 0.25) is 0 Å². The van der Waals surface area contributed by atoms with Crippen molar-refractivity contribution in [3.05, 3.63) is 36.0 Å². The number of nitrogens with one attached hydrogen (secondary N) is 1. The lowest BCUT2D eigenvalue weighted by Gasteiger charge is -2.19. The maximum atomic E-state index is 5.19. The van der Waals surface area contributed by atoms with Gasteiger partial charge in [0.05, 0.1) is 12.8 Å². The zero-order chi connectivity index (χ0) is 15.5. The van der Waals surface area contributed by atoms with Gasteiger partial charge in [-0.15, -0.1) is 0 Å². The first kappa shape index (κ1) is 15.3. The highest BCUT2D eigenvalue weighted by molar-refractivity contribution is 5.59. The minimum absolute atomic E-state index is 0.0195. The van der Waals surface area contributed by atoms with Gasteiger partial charge in [0, 0.05) is 23.6 Å². The van der Waals surface area contributed by atoms with E-state index >= 15 is 0 Å². The topological polar surface area (TPSA) is 47.0 Å². The Kier molecular flexibility index (Phi) is 4.46. The first-order valence-electron chi connectivity index (χ1n) is 7.22. The molecule has 0 aliphatic heterocycles. The van der Waals surface area contributed by atoms with Gasteiger partial charge < -0.3 is 10.1 Å². The second-order valence-electron chi connectivity index (χ2n) is 5.97. The van der Waals surface area contributed by atoms with E-state index in [4.69, 9.17) is 9.72 Å². The number of rotatable bonds is 4. The summed E-state index contributed by atoms with van der Waals surface area (Å²) in [5.74, 6) is 2.43. The van der Waals surface area contributed by atoms with E-state index in [9.17, 15) is 0 Å². The van der Waals surface area contributed by atoms with Crippen LogP contribution in [0.15, 0.2) is 30.3 Å². The number of methoxy groups -OCH3 is 1. The Balaban J connectivity index is 2.48. The van der Waals surface area contributed by atoms with Crippen molar-refractivity contribution in [3.63, 3.8) is 0 Å². The standard InChI is InChI=1S/C17H23N3O/c1-6-18-15-11-14(17(2,3)4)19-16(20-15)12-7-9-13(21-5)10-8-12/h7-11H,6H2,1-5H3,(H,18,19,20). The summed E-state index contributed by atoms with van der Waals surface area (Å²) in [7, 11) is 1.66. The van der Waals surface area contributed by atoms with E-state index in [0.717, 1.165) is 35.2 Å². The fourth-order valence-corrected chi connectivity index (χ4v) is 1.97. The van der Waals surface area contributed by atoms with Crippen molar-refractivity contribution in [1.82, 2.24) is 9.97 Å². The molecule has 0 unspecified atom stereocenters. The van der Waals surface area contributed by atoms with Gasteiger partial charge in [0.25, 0.3) is 0 Å². The highest BCUT2D eigenvalue weighted by Crippen LogP contribution is 2.26. The maximum Gasteiger partial charge on any atom is 0.161 e. The summed E-state index contributed by atoms with van der Waals surface area (Å²) in [6.45, 7) is 9.36. The summed E-state index contributed by atoms with van der Waals surface area (Å²) in [5, 5.41) is 3.28. The van der Waals surface area contributed by atoms with Gasteiger partial charge in [-0.2, -0.15) is 0 Å². The van der Waals surface area contributed by atoms with Crippen LogP contribution in [0.2, 0.25) is 0 Å². The van der Waals surface area contributed by atoms with Crippen LogP contribution in [0.5, 0.6) is 5.75 Å². The van der Waals surface area contributed by atoms with Gasteiger partial charge >= 0.3 is 0 Å². The SMILES string of the molecule is CCNc1cc(C(C)(C)C)nc(-c2ccc(OC)cc2)n1. The Labute approximate surface area is 126 Å². The third-order valence-electron chi connectivity index (χ3n) is 3.20. The van der Waals surface area contributed by atoms with E-state index in [0.29, 0.717) is 0 Å². The average Bonchev–Trinajstić information content (AvgIpc) is 2.46. The van der Waals surface area contributed by atoms with Gasteiger partial charge in [-0.05, 0) is 31.2 Å². The minimum Gasteiger partial charge on any atom is -0.497 e. The normalized spacial score (nSPS) is 11.3. The molecular weight excluding hydrogens is 262 g/mol. The van der Waals surface area contributed by atoms with Gasteiger partial charge in [-0.1, -0.05) is 20.8 Å². The smallest absolute Gasteiger partial charge is 0.161 e. The van der Waals surface area contributed by atoms with Gasteiger partial charge in [0.15, 0.2) is 5.82 Å². The van der Waals surface area contributed by atoms with E-state index in [1.165, 1.54) is 0 Å². The number of hydrogen-bond donors (Lipinski definition) is 1. The van der Waals surface area contributed by atoms with Crippen LogP contribution in [0.25, 0.3) is 11.4 Å². The van der Waals surface area contributed by atoms with Gasteiger partial charge in [0.1, 0.15) is 11.6 Å². The monoisotopic (exact) mass is 285 g/mol. The molecule has 0 radical (unpaired) electrons. The predicted molar refractivity (Wildman–Crippen MR) is 86.9 cm³/mol. The molecule has 0 amide bonds. The van der Waals surface area contributed by atoms with Crippen LogP contribution in [0, 0.1) is 0 Å². The van der Waals surface area contributed by atoms with E-state index in [1.54, 1.807) is 7.11 Å². The molecule has 112 valence electrons. The summed E-state index contributed by atoms with van der Waals surface area (Å²) in [6.07, 6.45) is 0. The predicted octanol–water partition coefficient (Wildman–Crippen LogP) is 3.88. The van der Waals surface area contributed by atoms with Crippen molar-refractivity contribution in [2.24, 2.45) is 0 Å². The van der Waals surface area contributed by atoms with E-state index in [-0.39, 0.29) is 5.41 Å². The van der Waals surface area contributed by atoms with Crippen molar-refractivity contribution >= 4 is 5.82 Å². The van der Waals surface area contributed by atoms with Crippen LogP contribution in [0.3, 0.4) is 0 Å². The van der Waals surface area contributed by atoms with Crippen molar-refractivity contribution in [1.29, 1.82) is 0 Å². The van der Waals surface area contributed by atoms with Crippen molar-refractivity contribution in [3.8, 4) is 17.1 Å². The van der Waals surface area contributed by atoms with Crippen LogP contribution in [-0.2, 0) is 5.41 Å². The molecule has 0 aliphatic carbocycles. The highest BCUT2D eigenvalue weighted by atomic mass is 16.5. The minimum atomic E-state index is -0.0195. The number of aromatic nitrogens is 2. The zero-order valence-electron chi connectivity index (χ0n) is 13.4. The maximum absolute atomic E-state index is 5.19. The molecule has 0 saturated carbocycles. The second-order valence-corrected chi connectivity index (χ2v) is 5.97. The quantitative estimate of drug-likeness (QED) is 0.926. The van der Waals surface area contributed by atoms with Crippen LogP contribution < -0.4 is 10.1 Å². The van der Waals surface area contributed by atoms with Crippen LogP contribution >= 0.6 is 0 Å². The Morgan fingerprint density at radius 2 is 1.76 bits per heavy atom. The summed E-state index contributed by atoms with van der Waals surface area (Å²) in [6, 6.07) is 9.84. The lowest BCUT2D eigenvalue weighted by molar-refractivity contribution is 0.415. The molecule has 0 fully saturated rings. The average molecular weight is 285 g/mol. The van der Waals surface area contributed by atoms with Crippen LogP contribution in [-0.4, -0.2) is 23.6 Å². The molecule has 0 saturated heterocycles. The Morgan fingerprint density at radius 1 is 1.10 bits per heavy atom. The number of nitrogens with zero attached hydrogens (tertiary/aromatic N) is 2. The lowest BCUT2D eigenvalue weighted by Crippen LogP contribution is -2.16. The third kappa shape index (κ3) is 3.72. The van der Waals surface area contributed by atoms with Gasteiger partial charge in [-0.25, -0.2) is 9.97 Å². The molecule has 0 bridgehead atoms. The molecule has 1 aromatic carbocycles. The summed E-state index contributed by atoms with van der Waals surface area (Å²) in [4.78, 5) is 9.32. The highest BCUT2D eigenvalue weighted by Gasteiger charge is 2.18. The Morgan fingerprint density at radius 3 is 2.29 bits per heavy atom. The van der Waals surface area contributed by atoms with Crippen LogP contribution in [0.4, 0.5) is 5.82 Å². The summed E-state index contributed by atoms with van der Waals surface area (Å²) in [5.41, 5.74) is 1.99. The summed E-state index contributed by atoms with van der Waals surface area (Å²) < 4.78 is 5.19. The third-order valence-corrected chi connectivity index (χ3v) is 3.20. The molecule has 1 N–H and O–H groups in total. The van der Waals surface area contributed by atoms with E-state index in [2.05, 4.69) is 38.0 Å². The molecule has 0 aliphatic rings. The fraction of sp³-hybridized carbons (Fsp3) is 0.412. The van der Waals surface area contributed by atoms with Crippen molar-refractivity contribution in [2.75, 3.05) is 19.0 Å². The van der Waals surface area contributed by atoms with Crippen molar-refractivity contribution in [2.45, 2.75) is 33.1 Å². The first-order chi connectivity index (χ1) is 9.94. The second kappa shape index (κ2) is 6.12. The lowest BCUT2D eigenvalue weighted by atomic mass is 9.91. The molecule has 2 aromatic rings. The van der Waals surface area contributed by atoms with Crippen molar-refractivity contribution < 1.29 is 4.74 Å². The molecule has 4 nitrogen and oxygen atoms in total. The van der Waals surface area contributed by atoms with E-state index in [1.807, 2.05) is 30.3 Å².